The number of methoxy groups -OCH3 is 1. The summed E-state index contributed by atoms with van der Waals surface area (Å²) < 4.78 is 89.2. The van der Waals surface area contributed by atoms with E-state index in [-0.39, 0.29) is 45.6 Å². The number of fused-ring (bicyclic) bond motifs is 4. The van der Waals surface area contributed by atoms with Crippen LogP contribution in [0, 0.1) is 23.7 Å². The number of phenols is 1. The maximum atomic E-state index is 15.4. The Hall–Kier alpha value is -5.15. The summed E-state index contributed by atoms with van der Waals surface area (Å²) in [5, 5.41) is 11.1. The number of rotatable bonds is 5. The van der Waals surface area contributed by atoms with Gasteiger partial charge in [-0.3, -0.25) is 19.2 Å². The molecule has 8 nitrogen and oxygen atoms in total. The molecule has 2 aliphatic heterocycles. The number of benzene rings is 4. The van der Waals surface area contributed by atoms with Gasteiger partial charge in [0.05, 0.1) is 57.3 Å². The molecule has 0 unspecified atom stereocenters. The van der Waals surface area contributed by atoms with E-state index in [1.165, 1.54) is 25.3 Å². The molecule has 0 radical (unpaired) electrons. The average molecular weight is 874 g/mol. The molecule has 0 aromatic heterocycles. The van der Waals surface area contributed by atoms with Gasteiger partial charge < -0.3 is 9.84 Å². The number of alkyl halides is 6. The van der Waals surface area contributed by atoms with Crippen LogP contribution in [0.4, 0.5) is 37.7 Å². The number of amides is 4. The molecule has 16 heteroatoms. The van der Waals surface area contributed by atoms with Crippen LogP contribution in [0.5, 0.6) is 11.5 Å². The zero-order valence-corrected chi connectivity index (χ0v) is 31.7. The van der Waals surface area contributed by atoms with Crippen molar-refractivity contribution in [1.29, 1.82) is 0 Å². The number of ether oxygens (including phenoxy) is 1. The monoisotopic (exact) mass is 872 g/mol. The summed E-state index contributed by atoms with van der Waals surface area (Å²) in [5.74, 6) is -9.42. The number of aromatic hydroxyl groups is 1. The first kappa shape index (κ1) is 38.7. The van der Waals surface area contributed by atoms with E-state index in [4.69, 9.17) is 16.3 Å². The van der Waals surface area contributed by atoms with Crippen molar-refractivity contribution in [3.05, 3.63) is 128 Å². The zero-order valence-electron chi connectivity index (χ0n) is 29.4. The van der Waals surface area contributed by atoms with Crippen LogP contribution in [0.1, 0.15) is 41.0 Å². The van der Waals surface area contributed by atoms with Gasteiger partial charge in [-0.2, -0.15) is 26.3 Å². The average Bonchev–Trinajstić information content (AvgIpc) is 3.56. The van der Waals surface area contributed by atoms with Crippen LogP contribution in [0.2, 0.25) is 5.02 Å². The fourth-order valence-electron chi connectivity index (χ4n) is 9.36. The molecule has 8 rings (SSSR count). The highest BCUT2D eigenvalue weighted by Gasteiger charge is 2.70. The van der Waals surface area contributed by atoms with Gasteiger partial charge in [0.1, 0.15) is 0 Å². The molecule has 4 aliphatic rings. The molecule has 2 saturated heterocycles. The topological polar surface area (TPSA) is 104 Å². The molecule has 294 valence electrons. The summed E-state index contributed by atoms with van der Waals surface area (Å²) in [7, 11) is 1.32. The predicted octanol–water partition coefficient (Wildman–Crippen LogP) is 9.22. The van der Waals surface area contributed by atoms with Gasteiger partial charge in [0.25, 0.3) is 0 Å². The molecule has 57 heavy (non-hydrogen) atoms. The lowest BCUT2D eigenvalue weighted by molar-refractivity contribution is -0.143. The second-order valence-electron chi connectivity index (χ2n) is 14.4. The second-order valence-corrected chi connectivity index (χ2v) is 15.7. The van der Waals surface area contributed by atoms with Crippen molar-refractivity contribution in [2.75, 3.05) is 16.9 Å². The highest BCUT2D eigenvalue weighted by Crippen LogP contribution is 2.65. The Labute approximate surface area is 333 Å². The number of hydrogen-bond donors (Lipinski definition) is 1. The number of phenolic OH excluding ortho intramolecular Hbond substituents is 1. The molecule has 1 saturated carbocycles. The number of carbonyl (C=O) groups is 4. The number of hydrogen-bond acceptors (Lipinski definition) is 6. The molecular weight excluding hydrogens is 846 g/mol. The van der Waals surface area contributed by atoms with Crippen LogP contribution in [-0.2, 0) is 36.9 Å². The third-order valence-corrected chi connectivity index (χ3v) is 12.4. The van der Waals surface area contributed by atoms with E-state index >= 15 is 4.79 Å². The SMILES string of the molecule is COc1cc([C@H]2C3=CC[C@@H]4C(=O)N(c5cc(C(F)(F)F)cc(C(F)(F)F)c5)C(=O)[C@@H]4[C@@H]3C[C@H]3C(=O)N(c4cccc(Cl)c4)C(=O)[C@@]23c2ccccc2)cc(Br)c1O. The van der Waals surface area contributed by atoms with Gasteiger partial charge in [-0.25, -0.2) is 9.80 Å². The van der Waals surface area contributed by atoms with Gasteiger partial charge in [0, 0.05) is 10.9 Å². The molecule has 6 atom stereocenters. The fourth-order valence-corrected chi connectivity index (χ4v) is 10.0. The highest BCUT2D eigenvalue weighted by molar-refractivity contribution is 9.10. The Morgan fingerprint density at radius 2 is 1.46 bits per heavy atom. The molecule has 4 amide bonds. The van der Waals surface area contributed by atoms with Crippen molar-refractivity contribution >= 4 is 62.5 Å². The summed E-state index contributed by atoms with van der Waals surface area (Å²) in [4.78, 5) is 60.4. The zero-order chi connectivity index (χ0) is 40.9. The van der Waals surface area contributed by atoms with Crippen LogP contribution in [-0.4, -0.2) is 35.8 Å². The van der Waals surface area contributed by atoms with Crippen molar-refractivity contribution < 1.29 is 55.4 Å². The van der Waals surface area contributed by atoms with E-state index in [1.54, 1.807) is 54.6 Å². The lowest BCUT2D eigenvalue weighted by atomic mass is 9.49. The summed E-state index contributed by atoms with van der Waals surface area (Å²) in [6.07, 6.45) is -9.17. The van der Waals surface area contributed by atoms with Crippen LogP contribution in [0.25, 0.3) is 0 Å². The van der Waals surface area contributed by atoms with Crippen LogP contribution in [0.15, 0.2) is 101 Å². The maximum Gasteiger partial charge on any atom is 0.416 e. The van der Waals surface area contributed by atoms with Gasteiger partial charge in [-0.1, -0.05) is 59.6 Å². The van der Waals surface area contributed by atoms with Crippen molar-refractivity contribution in [3.8, 4) is 11.5 Å². The van der Waals surface area contributed by atoms with E-state index in [0.29, 0.717) is 33.7 Å². The van der Waals surface area contributed by atoms with E-state index in [2.05, 4.69) is 15.9 Å². The third-order valence-electron chi connectivity index (χ3n) is 11.6. The van der Waals surface area contributed by atoms with E-state index in [9.17, 15) is 45.8 Å². The van der Waals surface area contributed by atoms with Gasteiger partial charge in [0.15, 0.2) is 11.5 Å². The molecule has 3 fully saturated rings. The summed E-state index contributed by atoms with van der Waals surface area (Å²) >= 11 is 9.70. The molecule has 4 aromatic rings. The highest BCUT2D eigenvalue weighted by atomic mass is 79.9. The first-order valence-corrected chi connectivity index (χ1v) is 18.7. The lowest BCUT2D eigenvalue weighted by Gasteiger charge is -2.50. The molecule has 0 spiro atoms. The third kappa shape index (κ3) is 5.86. The molecule has 2 heterocycles. The Balaban J connectivity index is 1.35. The van der Waals surface area contributed by atoms with Crippen LogP contribution >= 0.6 is 27.5 Å². The molecule has 4 aromatic carbocycles. The quantitative estimate of drug-likeness (QED) is 0.122. The minimum atomic E-state index is -5.25. The fraction of sp³-hybridized carbons (Fsp3) is 0.268. The Bertz CT molecular complexity index is 2390. The summed E-state index contributed by atoms with van der Waals surface area (Å²) in [6, 6.07) is 18.3. The van der Waals surface area contributed by atoms with E-state index in [0.717, 1.165) is 4.90 Å². The number of anilines is 2. The van der Waals surface area contributed by atoms with Gasteiger partial charge in [-0.15, -0.1) is 0 Å². The van der Waals surface area contributed by atoms with Crippen molar-refractivity contribution in [3.63, 3.8) is 0 Å². The number of carbonyl (C=O) groups excluding carboxylic acids is 4. The largest absolute Gasteiger partial charge is 0.503 e. The first-order valence-electron chi connectivity index (χ1n) is 17.5. The predicted molar refractivity (Wildman–Crippen MR) is 197 cm³/mol. The number of nitrogens with zero attached hydrogens (tertiary/aromatic N) is 2. The van der Waals surface area contributed by atoms with E-state index < -0.39 is 87.8 Å². The Morgan fingerprint density at radius 3 is 2.07 bits per heavy atom. The summed E-state index contributed by atoms with van der Waals surface area (Å²) in [5.41, 5.74) is -4.57. The van der Waals surface area contributed by atoms with Gasteiger partial charge >= 0.3 is 12.4 Å². The molecule has 0 bridgehead atoms. The van der Waals surface area contributed by atoms with Gasteiger partial charge in [0.2, 0.25) is 23.6 Å². The maximum absolute atomic E-state index is 15.4. The minimum Gasteiger partial charge on any atom is -0.503 e. The number of allylic oxidation sites excluding steroid dienone is 2. The van der Waals surface area contributed by atoms with Crippen molar-refractivity contribution in [2.24, 2.45) is 23.7 Å². The standard InChI is InChI=1S/C41H28BrClF6N2O6/c1-57-31-13-19(12-30(42)34(31)52)33-26-10-11-27-32(37(55)50(35(27)53)25-15-21(40(44,45)46)14-22(16-25)41(47,48)49)28(26)18-29-36(54)51(24-9-5-8-23(43)17-24)38(56)39(29,33)20-6-3-2-4-7-20/h2-10,12-17,27-29,32-33,52H,11,18H2,1H3/t27-,28+,29-,32-,33-,39+/m0/s1. The van der Waals surface area contributed by atoms with Crippen molar-refractivity contribution in [2.45, 2.75) is 36.5 Å². The molecular formula is C41H28BrClF6N2O6. The van der Waals surface area contributed by atoms with Crippen molar-refractivity contribution in [1.82, 2.24) is 0 Å². The number of halogens is 8. The second kappa shape index (κ2) is 13.5. The smallest absolute Gasteiger partial charge is 0.416 e. The summed E-state index contributed by atoms with van der Waals surface area (Å²) in [6.45, 7) is 0. The van der Waals surface area contributed by atoms with E-state index in [1.807, 2.05) is 0 Å². The van der Waals surface area contributed by atoms with Crippen LogP contribution < -0.4 is 14.5 Å². The first-order chi connectivity index (χ1) is 26.9. The molecule has 1 N–H and O–H groups in total. The number of imide groups is 2. The van der Waals surface area contributed by atoms with Crippen LogP contribution in [0.3, 0.4) is 0 Å². The van der Waals surface area contributed by atoms with Gasteiger partial charge in [-0.05, 0) is 94.3 Å². The Morgan fingerprint density at radius 1 is 0.789 bits per heavy atom. The normalized spacial score (nSPS) is 26.0. The minimum absolute atomic E-state index is 0.00215. The Kier molecular flexibility index (Phi) is 9.15. The molecule has 2 aliphatic carbocycles. The lowest BCUT2D eigenvalue weighted by Crippen LogP contribution is -2.53.